The molecule has 0 radical (unpaired) electrons. The van der Waals surface area contributed by atoms with Crippen molar-refractivity contribution in [2.24, 2.45) is 5.41 Å². The summed E-state index contributed by atoms with van der Waals surface area (Å²) >= 11 is 0. The smallest absolute Gasteiger partial charge is 0.236 e. The van der Waals surface area contributed by atoms with Gasteiger partial charge in [-0.1, -0.05) is 44.2 Å². The monoisotopic (exact) mass is 365 g/mol. The number of carbonyl (C=O) groups is 2. The third kappa shape index (κ3) is 4.40. The van der Waals surface area contributed by atoms with Gasteiger partial charge in [0.2, 0.25) is 11.8 Å². The highest BCUT2D eigenvalue weighted by molar-refractivity contribution is 6.05. The van der Waals surface area contributed by atoms with E-state index in [1.807, 2.05) is 19.9 Å². The van der Waals surface area contributed by atoms with Crippen molar-refractivity contribution in [2.75, 3.05) is 32.8 Å². The highest BCUT2D eigenvalue weighted by atomic mass is 35.5. The lowest BCUT2D eigenvalue weighted by Gasteiger charge is -2.36. The van der Waals surface area contributed by atoms with Crippen LogP contribution in [0, 0.1) is 5.41 Å². The quantitative estimate of drug-likeness (QED) is 0.751. The zero-order chi connectivity index (χ0) is 17.2. The van der Waals surface area contributed by atoms with E-state index >= 15 is 0 Å². The molecule has 2 aliphatic heterocycles. The molecule has 0 aromatic heterocycles. The maximum absolute atomic E-state index is 12.5. The van der Waals surface area contributed by atoms with E-state index in [1.54, 1.807) is 0 Å². The first kappa shape index (κ1) is 19.9. The van der Waals surface area contributed by atoms with Crippen LogP contribution in [0.25, 0.3) is 0 Å². The van der Waals surface area contributed by atoms with Crippen molar-refractivity contribution in [3.05, 3.63) is 35.9 Å². The predicted molar refractivity (Wildman–Crippen MR) is 100 cm³/mol. The van der Waals surface area contributed by atoms with Crippen LogP contribution in [0.15, 0.2) is 30.3 Å². The topological polar surface area (TPSA) is 43.9 Å². The van der Waals surface area contributed by atoms with Crippen LogP contribution < -0.4 is 0 Å². The molecule has 25 heavy (non-hydrogen) atoms. The van der Waals surface area contributed by atoms with Crippen LogP contribution in [0.2, 0.25) is 0 Å². The van der Waals surface area contributed by atoms with Gasteiger partial charge in [-0.25, -0.2) is 0 Å². The number of benzene rings is 1. The number of hydrogen-bond donors (Lipinski definition) is 0. The summed E-state index contributed by atoms with van der Waals surface area (Å²) in [5, 5.41) is 0. The first-order chi connectivity index (χ1) is 11.5. The summed E-state index contributed by atoms with van der Waals surface area (Å²) in [6.45, 7) is 9.03. The summed E-state index contributed by atoms with van der Waals surface area (Å²) in [4.78, 5) is 30.8. The van der Waals surface area contributed by atoms with Gasteiger partial charge >= 0.3 is 0 Å². The second-order valence-electron chi connectivity index (χ2n) is 7.24. The number of amides is 2. The van der Waals surface area contributed by atoms with Gasteiger partial charge in [-0.05, 0) is 12.0 Å². The van der Waals surface area contributed by atoms with E-state index in [-0.39, 0.29) is 24.2 Å². The highest BCUT2D eigenvalue weighted by Crippen LogP contribution is 2.35. The number of rotatable bonds is 5. The summed E-state index contributed by atoms with van der Waals surface area (Å²) < 4.78 is 0. The molecule has 2 amide bonds. The van der Waals surface area contributed by atoms with E-state index < -0.39 is 5.41 Å². The Labute approximate surface area is 156 Å². The van der Waals surface area contributed by atoms with E-state index in [2.05, 4.69) is 34.1 Å². The molecule has 138 valence electrons. The van der Waals surface area contributed by atoms with Crippen LogP contribution in [-0.4, -0.2) is 59.4 Å². The zero-order valence-corrected chi connectivity index (χ0v) is 15.9. The lowest BCUT2D eigenvalue weighted by molar-refractivity contribution is -0.144. The van der Waals surface area contributed by atoms with Gasteiger partial charge < -0.3 is 0 Å². The molecule has 0 aliphatic carbocycles. The molecule has 1 aromatic carbocycles. The van der Waals surface area contributed by atoms with Gasteiger partial charge in [0.1, 0.15) is 0 Å². The third-order valence-electron chi connectivity index (χ3n) is 5.44. The van der Waals surface area contributed by atoms with Crippen LogP contribution in [-0.2, 0) is 16.1 Å². The fourth-order valence-electron chi connectivity index (χ4n) is 3.49. The van der Waals surface area contributed by atoms with Crippen molar-refractivity contribution < 1.29 is 9.59 Å². The molecule has 0 saturated carbocycles. The molecule has 1 aromatic rings. The van der Waals surface area contributed by atoms with Crippen LogP contribution in [0.3, 0.4) is 0 Å². The van der Waals surface area contributed by atoms with Gasteiger partial charge in [0.15, 0.2) is 0 Å². The molecule has 5 nitrogen and oxygen atoms in total. The zero-order valence-electron chi connectivity index (χ0n) is 15.1. The number of nitrogens with zero attached hydrogens (tertiary/aromatic N) is 3. The summed E-state index contributed by atoms with van der Waals surface area (Å²) in [7, 11) is 0. The van der Waals surface area contributed by atoms with E-state index in [9.17, 15) is 9.59 Å². The van der Waals surface area contributed by atoms with Gasteiger partial charge in [0.05, 0.1) is 12.1 Å². The van der Waals surface area contributed by atoms with Crippen molar-refractivity contribution in [2.45, 2.75) is 33.2 Å². The van der Waals surface area contributed by atoms with Gasteiger partial charge in [0, 0.05) is 39.1 Å². The number of piperazine rings is 1. The van der Waals surface area contributed by atoms with E-state index in [1.165, 1.54) is 10.5 Å². The minimum absolute atomic E-state index is 0. The minimum Gasteiger partial charge on any atom is -0.297 e. The molecule has 2 heterocycles. The van der Waals surface area contributed by atoms with E-state index in [0.717, 1.165) is 39.1 Å². The Morgan fingerprint density at radius 1 is 1.00 bits per heavy atom. The van der Waals surface area contributed by atoms with Crippen molar-refractivity contribution in [3.63, 3.8) is 0 Å². The summed E-state index contributed by atoms with van der Waals surface area (Å²) in [6, 6.07) is 10.5. The Morgan fingerprint density at radius 2 is 1.60 bits per heavy atom. The first-order valence-corrected chi connectivity index (χ1v) is 8.85. The van der Waals surface area contributed by atoms with Crippen LogP contribution >= 0.6 is 12.4 Å². The predicted octanol–water partition coefficient (Wildman–Crippen LogP) is 2.36. The molecule has 2 saturated heterocycles. The van der Waals surface area contributed by atoms with Crippen LogP contribution in [0.4, 0.5) is 0 Å². The third-order valence-corrected chi connectivity index (χ3v) is 5.44. The van der Waals surface area contributed by atoms with Gasteiger partial charge in [-0.3, -0.25) is 24.3 Å². The summed E-state index contributed by atoms with van der Waals surface area (Å²) in [5.41, 5.74) is 0.834. The molecule has 0 bridgehead atoms. The number of imide groups is 1. The second kappa shape index (κ2) is 8.30. The normalized spacial score (nSPS) is 25.3. The van der Waals surface area contributed by atoms with Gasteiger partial charge in [0.25, 0.3) is 0 Å². The molecule has 6 heteroatoms. The fraction of sp³-hybridized carbons (Fsp3) is 0.579. The molecule has 1 unspecified atom stereocenters. The van der Waals surface area contributed by atoms with Gasteiger partial charge in [-0.2, -0.15) is 0 Å². The number of carbonyl (C=O) groups excluding carboxylic acids is 2. The number of hydrogen-bond acceptors (Lipinski definition) is 4. The van der Waals surface area contributed by atoms with Crippen molar-refractivity contribution in [3.8, 4) is 0 Å². The standard InChI is InChI=1S/C19H27N3O2.ClH/c1-3-19(2)13-17(23)22(18(19)24)15-21-11-9-20(10-12-21)14-16-7-5-4-6-8-16;/h4-8H,3,9-15H2,1-2H3;1H. The number of halogens is 1. The SMILES string of the molecule is CCC1(C)CC(=O)N(CN2CCN(Cc3ccccc3)CC2)C1=O.Cl. The highest BCUT2D eigenvalue weighted by Gasteiger charge is 2.47. The summed E-state index contributed by atoms with van der Waals surface area (Å²) in [5.74, 6) is -0.0159. The Bertz CT molecular complexity index is 602. The second-order valence-corrected chi connectivity index (χ2v) is 7.24. The summed E-state index contributed by atoms with van der Waals surface area (Å²) in [6.07, 6.45) is 1.08. The molecule has 0 N–H and O–H groups in total. The Morgan fingerprint density at radius 3 is 2.16 bits per heavy atom. The Balaban J connectivity index is 0.00000225. The maximum atomic E-state index is 12.5. The first-order valence-electron chi connectivity index (χ1n) is 8.85. The van der Waals surface area contributed by atoms with E-state index in [0.29, 0.717) is 13.1 Å². The van der Waals surface area contributed by atoms with Gasteiger partial charge in [-0.15, -0.1) is 12.4 Å². The van der Waals surface area contributed by atoms with Crippen molar-refractivity contribution in [1.82, 2.24) is 14.7 Å². The molecule has 2 fully saturated rings. The molecule has 1 atom stereocenters. The molecular weight excluding hydrogens is 338 g/mol. The van der Waals surface area contributed by atoms with Crippen LogP contribution in [0.5, 0.6) is 0 Å². The lowest BCUT2D eigenvalue weighted by Crippen LogP contribution is -2.51. The lowest BCUT2D eigenvalue weighted by atomic mass is 9.86. The minimum atomic E-state index is -0.494. The average Bonchev–Trinajstić information content (AvgIpc) is 2.81. The Kier molecular flexibility index (Phi) is 6.60. The molecular formula is C19H28ClN3O2. The number of likely N-dealkylation sites (tertiary alicyclic amines) is 1. The van der Waals surface area contributed by atoms with Crippen LogP contribution in [0.1, 0.15) is 32.3 Å². The maximum Gasteiger partial charge on any atom is 0.236 e. The van der Waals surface area contributed by atoms with Crippen molar-refractivity contribution in [1.29, 1.82) is 0 Å². The molecule has 2 aliphatic rings. The Hall–Kier alpha value is -1.43. The average molecular weight is 366 g/mol. The largest absolute Gasteiger partial charge is 0.297 e. The molecule has 0 spiro atoms. The fourth-order valence-corrected chi connectivity index (χ4v) is 3.49. The molecule has 3 rings (SSSR count). The van der Waals surface area contributed by atoms with Crippen molar-refractivity contribution >= 4 is 24.2 Å². The van der Waals surface area contributed by atoms with E-state index in [4.69, 9.17) is 0 Å².